The molecule has 1 aromatic carbocycles. The predicted octanol–water partition coefficient (Wildman–Crippen LogP) is 2.33. The predicted molar refractivity (Wildman–Crippen MR) is 78.1 cm³/mol. The second kappa shape index (κ2) is 5.13. The summed E-state index contributed by atoms with van der Waals surface area (Å²) in [6.07, 6.45) is 0.912. The van der Waals surface area contributed by atoms with E-state index in [1.54, 1.807) is 7.11 Å². The minimum atomic E-state index is 0.0574. The lowest BCUT2D eigenvalue weighted by Crippen LogP contribution is -2.24. The number of hydrogen-bond acceptors (Lipinski definition) is 4. The van der Waals surface area contributed by atoms with Gasteiger partial charge in [0.1, 0.15) is 23.3 Å². The molecule has 2 aromatic rings. The van der Waals surface area contributed by atoms with Gasteiger partial charge in [0.05, 0.1) is 7.11 Å². The molecule has 0 fully saturated rings. The fourth-order valence-electron chi connectivity index (χ4n) is 2.56. The van der Waals surface area contributed by atoms with Gasteiger partial charge in [-0.2, -0.15) is 0 Å². The van der Waals surface area contributed by atoms with E-state index < -0.39 is 0 Å². The standard InChI is InChI=1S/C16H18N2O2/c1-10-6-7-14(19-2)15(18-10)13-5-3-4-11-8-12(9-17)20-16(11)13/h3-7,12H,8-9,17H2,1-2H3/t12-/m0/s1. The summed E-state index contributed by atoms with van der Waals surface area (Å²) in [7, 11) is 1.66. The highest BCUT2D eigenvalue weighted by Crippen LogP contribution is 2.41. The highest BCUT2D eigenvalue weighted by Gasteiger charge is 2.26. The van der Waals surface area contributed by atoms with Crippen molar-refractivity contribution in [3.05, 3.63) is 41.6 Å². The van der Waals surface area contributed by atoms with Crippen LogP contribution >= 0.6 is 0 Å². The Morgan fingerprint density at radius 1 is 1.35 bits per heavy atom. The molecule has 0 spiro atoms. The van der Waals surface area contributed by atoms with Gasteiger partial charge in [0.15, 0.2) is 0 Å². The Kier molecular flexibility index (Phi) is 3.32. The maximum Gasteiger partial charge on any atom is 0.145 e. The summed E-state index contributed by atoms with van der Waals surface area (Å²) in [5.41, 5.74) is 9.64. The van der Waals surface area contributed by atoms with Gasteiger partial charge < -0.3 is 15.2 Å². The molecule has 1 aliphatic rings. The molecule has 1 atom stereocenters. The Balaban J connectivity index is 2.13. The van der Waals surface area contributed by atoms with Gasteiger partial charge in [-0.25, -0.2) is 4.98 Å². The van der Waals surface area contributed by atoms with Crippen LogP contribution in [0, 0.1) is 6.92 Å². The zero-order valence-corrected chi connectivity index (χ0v) is 11.7. The van der Waals surface area contributed by atoms with Crippen molar-refractivity contribution in [2.24, 2.45) is 5.73 Å². The zero-order valence-electron chi connectivity index (χ0n) is 11.7. The number of ether oxygens (including phenoxy) is 2. The SMILES string of the molecule is COc1ccc(C)nc1-c1cccc2c1O[C@H](CN)C2. The molecule has 0 amide bonds. The van der Waals surface area contributed by atoms with Crippen LogP contribution in [0.1, 0.15) is 11.3 Å². The number of hydrogen-bond donors (Lipinski definition) is 1. The number of aryl methyl sites for hydroxylation is 1. The van der Waals surface area contributed by atoms with Crippen LogP contribution in [-0.4, -0.2) is 24.7 Å². The highest BCUT2D eigenvalue weighted by molar-refractivity contribution is 5.74. The maximum atomic E-state index is 5.96. The van der Waals surface area contributed by atoms with Crippen molar-refractivity contribution < 1.29 is 9.47 Å². The van der Waals surface area contributed by atoms with Gasteiger partial charge >= 0.3 is 0 Å². The Bertz CT molecular complexity index is 640. The average Bonchev–Trinajstić information content (AvgIpc) is 2.90. The second-order valence-electron chi connectivity index (χ2n) is 4.98. The van der Waals surface area contributed by atoms with Crippen molar-refractivity contribution in [1.82, 2.24) is 4.98 Å². The van der Waals surface area contributed by atoms with Crippen LogP contribution in [0.5, 0.6) is 11.5 Å². The van der Waals surface area contributed by atoms with E-state index in [2.05, 4.69) is 11.1 Å². The minimum Gasteiger partial charge on any atom is -0.494 e. The molecule has 3 rings (SSSR count). The molecule has 1 aliphatic heterocycles. The van der Waals surface area contributed by atoms with Crippen LogP contribution in [0.25, 0.3) is 11.3 Å². The summed E-state index contributed by atoms with van der Waals surface area (Å²) in [6.45, 7) is 2.49. The first-order valence-electron chi connectivity index (χ1n) is 6.73. The van der Waals surface area contributed by atoms with E-state index in [1.165, 1.54) is 5.56 Å². The molecular weight excluding hydrogens is 252 g/mol. The Hall–Kier alpha value is -2.07. The largest absolute Gasteiger partial charge is 0.494 e. The van der Waals surface area contributed by atoms with Crippen LogP contribution in [-0.2, 0) is 6.42 Å². The molecule has 4 nitrogen and oxygen atoms in total. The van der Waals surface area contributed by atoms with E-state index in [9.17, 15) is 0 Å². The number of pyridine rings is 1. The first kappa shape index (κ1) is 12.9. The molecule has 0 saturated heterocycles. The van der Waals surface area contributed by atoms with Crippen LogP contribution in [0.15, 0.2) is 30.3 Å². The Labute approximate surface area is 118 Å². The van der Waals surface area contributed by atoms with Crippen molar-refractivity contribution in [3.8, 4) is 22.8 Å². The van der Waals surface area contributed by atoms with E-state index in [-0.39, 0.29) is 6.10 Å². The van der Waals surface area contributed by atoms with Crippen molar-refractivity contribution in [1.29, 1.82) is 0 Å². The molecule has 2 heterocycles. The van der Waals surface area contributed by atoms with E-state index in [0.29, 0.717) is 6.54 Å². The van der Waals surface area contributed by atoms with Crippen molar-refractivity contribution in [2.45, 2.75) is 19.4 Å². The number of methoxy groups -OCH3 is 1. The number of para-hydroxylation sites is 1. The smallest absolute Gasteiger partial charge is 0.145 e. The van der Waals surface area contributed by atoms with Gasteiger partial charge in [-0.15, -0.1) is 0 Å². The number of benzene rings is 1. The lowest BCUT2D eigenvalue weighted by atomic mass is 10.0. The van der Waals surface area contributed by atoms with Crippen molar-refractivity contribution >= 4 is 0 Å². The van der Waals surface area contributed by atoms with Crippen LogP contribution in [0.3, 0.4) is 0 Å². The summed E-state index contributed by atoms with van der Waals surface area (Å²) < 4.78 is 11.4. The molecule has 104 valence electrons. The maximum absolute atomic E-state index is 5.96. The number of nitrogens with two attached hydrogens (primary N) is 1. The van der Waals surface area contributed by atoms with Crippen molar-refractivity contribution in [2.75, 3.05) is 13.7 Å². The third-order valence-electron chi connectivity index (χ3n) is 3.56. The van der Waals surface area contributed by atoms with E-state index >= 15 is 0 Å². The zero-order chi connectivity index (χ0) is 14.1. The summed E-state index contributed by atoms with van der Waals surface area (Å²) in [4.78, 5) is 4.61. The fourth-order valence-corrected chi connectivity index (χ4v) is 2.56. The Morgan fingerprint density at radius 3 is 2.95 bits per heavy atom. The minimum absolute atomic E-state index is 0.0574. The van der Waals surface area contributed by atoms with Gasteiger partial charge in [-0.3, -0.25) is 0 Å². The number of aromatic nitrogens is 1. The van der Waals surface area contributed by atoms with Gasteiger partial charge in [0.2, 0.25) is 0 Å². The van der Waals surface area contributed by atoms with Crippen molar-refractivity contribution in [3.63, 3.8) is 0 Å². The summed E-state index contributed by atoms with van der Waals surface area (Å²) in [5.74, 6) is 1.64. The molecule has 0 unspecified atom stereocenters. The molecule has 4 heteroatoms. The molecule has 0 radical (unpaired) electrons. The van der Waals surface area contributed by atoms with Gasteiger partial charge in [-0.1, -0.05) is 12.1 Å². The van der Waals surface area contributed by atoms with Crippen LogP contribution in [0.2, 0.25) is 0 Å². The first-order chi connectivity index (χ1) is 9.72. The van der Waals surface area contributed by atoms with Gasteiger partial charge in [-0.05, 0) is 30.7 Å². The quantitative estimate of drug-likeness (QED) is 0.930. The molecule has 1 aromatic heterocycles. The molecular formula is C16H18N2O2. The molecule has 0 bridgehead atoms. The number of rotatable bonds is 3. The molecule has 0 aliphatic carbocycles. The molecule has 0 saturated carbocycles. The van der Waals surface area contributed by atoms with Crippen LogP contribution in [0.4, 0.5) is 0 Å². The lowest BCUT2D eigenvalue weighted by Gasteiger charge is -2.13. The van der Waals surface area contributed by atoms with Crippen LogP contribution < -0.4 is 15.2 Å². The third-order valence-corrected chi connectivity index (χ3v) is 3.56. The Morgan fingerprint density at radius 2 is 2.20 bits per heavy atom. The van der Waals surface area contributed by atoms with Gasteiger partial charge in [0, 0.05) is 24.2 Å². The summed E-state index contributed by atoms with van der Waals surface area (Å²) in [6, 6.07) is 10.0. The second-order valence-corrected chi connectivity index (χ2v) is 4.98. The van der Waals surface area contributed by atoms with E-state index in [4.69, 9.17) is 15.2 Å². The number of nitrogens with zero attached hydrogens (tertiary/aromatic N) is 1. The van der Waals surface area contributed by atoms with E-state index in [1.807, 2.05) is 31.2 Å². The van der Waals surface area contributed by atoms with E-state index in [0.717, 1.165) is 34.9 Å². The summed E-state index contributed by atoms with van der Waals surface area (Å²) >= 11 is 0. The average molecular weight is 270 g/mol. The number of fused-ring (bicyclic) bond motifs is 1. The molecule has 20 heavy (non-hydrogen) atoms. The normalized spacial score (nSPS) is 16.6. The van der Waals surface area contributed by atoms with Gasteiger partial charge in [0.25, 0.3) is 0 Å². The first-order valence-corrected chi connectivity index (χ1v) is 6.73. The third kappa shape index (κ3) is 2.12. The lowest BCUT2D eigenvalue weighted by molar-refractivity contribution is 0.242. The highest BCUT2D eigenvalue weighted by atomic mass is 16.5. The molecule has 2 N–H and O–H groups in total. The summed E-state index contributed by atoms with van der Waals surface area (Å²) in [5, 5.41) is 0. The topological polar surface area (TPSA) is 57.4 Å². The fraction of sp³-hybridized carbons (Fsp3) is 0.312. The monoisotopic (exact) mass is 270 g/mol.